The van der Waals surface area contributed by atoms with Gasteiger partial charge in [-0.3, -0.25) is 4.79 Å². The first-order chi connectivity index (χ1) is 4.66. The first kappa shape index (κ1) is 9.21. The number of hydrogen-bond donors (Lipinski definition) is 1. The molecule has 0 radical (unpaired) electrons. The second-order valence-corrected chi connectivity index (χ2v) is 2.50. The highest BCUT2D eigenvalue weighted by Gasteiger charge is 1.98. The lowest BCUT2D eigenvalue weighted by Gasteiger charge is -2.05. The average molecular weight is 141 g/mol. The fourth-order valence-corrected chi connectivity index (χ4v) is 0.606. The van der Waals surface area contributed by atoms with Crippen molar-refractivity contribution in [1.29, 1.82) is 0 Å². The fraction of sp³-hybridized carbons (Fsp3) is 0.625. The van der Waals surface area contributed by atoms with Crippen molar-refractivity contribution in [3.63, 3.8) is 0 Å². The van der Waals surface area contributed by atoms with Gasteiger partial charge in [0, 0.05) is 12.5 Å². The Hall–Kier alpha value is -0.790. The molecular weight excluding hydrogens is 126 g/mol. The molecule has 0 aliphatic carbocycles. The van der Waals surface area contributed by atoms with E-state index >= 15 is 0 Å². The Bertz CT molecular complexity index is 127. The van der Waals surface area contributed by atoms with Crippen LogP contribution in [0.3, 0.4) is 0 Å². The molecule has 0 aliphatic heterocycles. The lowest BCUT2D eigenvalue weighted by atomic mass is 10.3. The van der Waals surface area contributed by atoms with Crippen LogP contribution in [0.1, 0.15) is 27.2 Å². The number of rotatable bonds is 3. The van der Waals surface area contributed by atoms with Gasteiger partial charge in [-0.15, -0.1) is 0 Å². The lowest BCUT2D eigenvalue weighted by molar-refractivity contribution is -0.120. The predicted molar refractivity (Wildman–Crippen MR) is 42.7 cm³/mol. The minimum absolute atomic E-state index is 0.0908. The lowest BCUT2D eigenvalue weighted by Crippen LogP contribution is -2.29. The van der Waals surface area contributed by atoms with Gasteiger partial charge < -0.3 is 5.32 Å². The Kier molecular flexibility index (Phi) is 4.63. The van der Waals surface area contributed by atoms with Crippen molar-refractivity contribution in [2.24, 2.45) is 0 Å². The van der Waals surface area contributed by atoms with Crippen LogP contribution in [0, 0.1) is 0 Å². The van der Waals surface area contributed by atoms with Gasteiger partial charge in [0.15, 0.2) is 0 Å². The molecule has 58 valence electrons. The van der Waals surface area contributed by atoms with Crippen LogP contribution in [-0.2, 0) is 4.79 Å². The zero-order valence-corrected chi connectivity index (χ0v) is 6.85. The number of amides is 1. The van der Waals surface area contributed by atoms with Crippen molar-refractivity contribution in [2.45, 2.75) is 33.2 Å². The maximum atomic E-state index is 10.8. The van der Waals surface area contributed by atoms with Crippen molar-refractivity contribution in [3.05, 3.63) is 12.2 Å². The highest BCUT2D eigenvalue weighted by atomic mass is 16.1. The molecule has 0 atom stereocenters. The van der Waals surface area contributed by atoms with Gasteiger partial charge in [0.05, 0.1) is 0 Å². The zero-order chi connectivity index (χ0) is 7.98. The Morgan fingerprint density at radius 2 is 2.20 bits per heavy atom. The molecule has 0 rings (SSSR count). The highest BCUT2D eigenvalue weighted by Crippen LogP contribution is 1.84. The van der Waals surface area contributed by atoms with Crippen molar-refractivity contribution in [2.75, 3.05) is 0 Å². The molecule has 2 nitrogen and oxygen atoms in total. The van der Waals surface area contributed by atoms with Crippen LogP contribution in [0.25, 0.3) is 0 Å². The van der Waals surface area contributed by atoms with Gasteiger partial charge in [-0.05, 0) is 20.8 Å². The molecule has 1 N–H and O–H groups in total. The van der Waals surface area contributed by atoms with Crippen molar-refractivity contribution < 1.29 is 4.79 Å². The maximum absolute atomic E-state index is 10.8. The third kappa shape index (κ3) is 5.35. The molecule has 0 saturated heterocycles. The van der Waals surface area contributed by atoms with Crippen LogP contribution in [0.2, 0.25) is 0 Å². The van der Waals surface area contributed by atoms with Gasteiger partial charge >= 0.3 is 0 Å². The first-order valence-corrected chi connectivity index (χ1v) is 3.57. The van der Waals surface area contributed by atoms with Crippen LogP contribution < -0.4 is 5.32 Å². The average Bonchev–Trinajstić information content (AvgIpc) is 1.82. The van der Waals surface area contributed by atoms with Crippen LogP contribution in [-0.4, -0.2) is 11.9 Å². The summed E-state index contributed by atoms with van der Waals surface area (Å²) in [6, 6.07) is 0.248. The summed E-state index contributed by atoms with van der Waals surface area (Å²) in [6.07, 6.45) is 4.21. The molecule has 2 heteroatoms. The molecule has 0 saturated carbocycles. The third-order valence-electron chi connectivity index (χ3n) is 0.989. The van der Waals surface area contributed by atoms with E-state index in [9.17, 15) is 4.79 Å². The Labute approximate surface area is 62.3 Å². The molecule has 0 aromatic rings. The largest absolute Gasteiger partial charge is 0.354 e. The van der Waals surface area contributed by atoms with Gasteiger partial charge in [0.25, 0.3) is 0 Å². The van der Waals surface area contributed by atoms with E-state index in [-0.39, 0.29) is 11.9 Å². The molecule has 0 spiro atoms. The van der Waals surface area contributed by atoms with E-state index in [1.165, 1.54) is 0 Å². The van der Waals surface area contributed by atoms with Crippen LogP contribution in [0.4, 0.5) is 0 Å². The Morgan fingerprint density at radius 3 is 2.60 bits per heavy atom. The molecule has 1 amide bonds. The number of nitrogens with one attached hydrogen (secondary N) is 1. The maximum Gasteiger partial charge on any atom is 0.223 e. The van der Waals surface area contributed by atoms with E-state index in [2.05, 4.69) is 5.32 Å². The summed E-state index contributed by atoms with van der Waals surface area (Å²) in [6.45, 7) is 5.81. The van der Waals surface area contributed by atoms with Gasteiger partial charge in [-0.2, -0.15) is 0 Å². The molecule has 0 aromatic heterocycles. The van der Waals surface area contributed by atoms with E-state index in [0.717, 1.165) is 0 Å². The summed E-state index contributed by atoms with van der Waals surface area (Å²) >= 11 is 0. The quantitative estimate of drug-likeness (QED) is 0.592. The number of carbonyl (C=O) groups is 1. The van der Waals surface area contributed by atoms with Crippen LogP contribution in [0.15, 0.2) is 12.2 Å². The SMILES string of the molecule is C/C=C\CC(=O)NC(C)C. The Balaban J connectivity index is 3.44. The Morgan fingerprint density at radius 1 is 1.60 bits per heavy atom. The van der Waals surface area contributed by atoms with Gasteiger partial charge in [-0.25, -0.2) is 0 Å². The summed E-state index contributed by atoms with van der Waals surface area (Å²) in [5.74, 6) is 0.0908. The summed E-state index contributed by atoms with van der Waals surface area (Å²) in [4.78, 5) is 10.8. The van der Waals surface area contributed by atoms with Crippen molar-refractivity contribution in [1.82, 2.24) is 5.32 Å². The molecule has 0 aliphatic rings. The molecule has 0 unspecified atom stereocenters. The fourth-order valence-electron chi connectivity index (χ4n) is 0.606. The highest BCUT2D eigenvalue weighted by molar-refractivity contribution is 5.77. The number of carbonyl (C=O) groups excluding carboxylic acids is 1. The van der Waals surface area contributed by atoms with Gasteiger partial charge in [0.2, 0.25) is 5.91 Å². The van der Waals surface area contributed by atoms with Crippen molar-refractivity contribution >= 4 is 5.91 Å². The molecule has 0 fully saturated rings. The second-order valence-electron chi connectivity index (χ2n) is 2.50. The predicted octanol–water partition coefficient (Wildman–Crippen LogP) is 1.48. The van der Waals surface area contributed by atoms with Crippen LogP contribution in [0.5, 0.6) is 0 Å². The van der Waals surface area contributed by atoms with Gasteiger partial charge in [0.1, 0.15) is 0 Å². The van der Waals surface area contributed by atoms with E-state index in [1.807, 2.05) is 32.9 Å². The molecule has 0 bridgehead atoms. The first-order valence-electron chi connectivity index (χ1n) is 3.57. The van der Waals surface area contributed by atoms with E-state index in [4.69, 9.17) is 0 Å². The van der Waals surface area contributed by atoms with Crippen LogP contribution >= 0.6 is 0 Å². The van der Waals surface area contributed by atoms with E-state index in [0.29, 0.717) is 6.42 Å². The molecule has 0 heterocycles. The minimum Gasteiger partial charge on any atom is -0.354 e. The monoisotopic (exact) mass is 141 g/mol. The molecule has 10 heavy (non-hydrogen) atoms. The van der Waals surface area contributed by atoms with E-state index < -0.39 is 0 Å². The third-order valence-corrected chi connectivity index (χ3v) is 0.989. The second kappa shape index (κ2) is 5.03. The molecular formula is C8H15NO. The normalized spacial score (nSPS) is 10.8. The zero-order valence-electron chi connectivity index (χ0n) is 6.85. The van der Waals surface area contributed by atoms with Crippen molar-refractivity contribution in [3.8, 4) is 0 Å². The summed E-state index contributed by atoms with van der Waals surface area (Å²) in [7, 11) is 0. The number of allylic oxidation sites excluding steroid dienone is 1. The summed E-state index contributed by atoms with van der Waals surface area (Å²) in [5.41, 5.74) is 0. The topological polar surface area (TPSA) is 29.1 Å². The van der Waals surface area contributed by atoms with E-state index in [1.54, 1.807) is 0 Å². The standard InChI is InChI=1S/C8H15NO/c1-4-5-6-8(10)9-7(2)3/h4-5,7H,6H2,1-3H3,(H,9,10)/b5-4-. The number of hydrogen-bond acceptors (Lipinski definition) is 1. The van der Waals surface area contributed by atoms with Gasteiger partial charge in [-0.1, -0.05) is 12.2 Å². The molecule has 0 aromatic carbocycles. The summed E-state index contributed by atoms with van der Waals surface area (Å²) in [5, 5.41) is 2.79. The smallest absolute Gasteiger partial charge is 0.223 e. The summed E-state index contributed by atoms with van der Waals surface area (Å²) < 4.78 is 0. The minimum atomic E-state index is 0.0908.